The van der Waals surface area contributed by atoms with Crippen LogP contribution in [-0.4, -0.2) is 0 Å². The molecule has 0 aliphatic carbocycles. The second-order valence-corrected chi connectivity index (χ2v) is 6.66. The van der Waals surface area contributed by atoms with Gasteiger partial charge in [0, 0.05) is 0 Å². The van der Waals surface area contributed by atoms with Gasteiger partial charge in [0.1, 0.15) is 0 Å². The molecule has 0 aromatic rings. The lowest BCUT2D eigenvalue weighted by molar-refractivity contribution is 0.526. The zero-order valence-electron chi connectivity index (χ0n) is 15.3. The minimum Gasteiger partial charge on any atom is -0.0654 e. The molecule has 0 spiro atoms. The molecule has 0 rings (SSSR count). The summed E-state index contributed by atoms with van der Waals surface area (Å²) >= 11 is 0. The van der Waals surface area contributed by atoms with Crippen molar-refractivity contribution in [3.05, 3.63) is 7.43 Å². The summed E-state index contributed by atoms with van der Waals surface area (Å²) in [5.74, 6) is 0. The Morgan fingerprint density at radius 1 is 0.286 bits per heavy atom. The van der Waals surface area contributed by atoms with Crippen molar-refractivity contribution in [2.45, 2.75) is 129 Å². The van der Waals surface area contributed by atoms with Crippen molar-refractivity contribution in [2.75, 3.05) is 0 Å². The summed E-state index contributed by atoms with van der Waals surface area (Å²) in [6, 6.07) is 0. The van der Waals surface area contributed by atoms with Gasteiger partial charge < -0.3 is 0 Å². The first-order valence-electron chi connectivity index (χ1n) is 9.91. The third-order valence-corrected chi connectivity index (χ3v) is 4.46. The van der Waals surface area contributed by atoms with Crippen molar-refractivity contribution in [1.82, 2.24) is 0 Å². The Morgan fingerprint density at radius 3 is 0.571 bits per heavy atom. The second-order valence-electron chi connectivity index (χ2n) is 6.66. The molecule has 0 amide bonds. The van der Waals surface area contributed by atoms with E-state index in [1.54, 1.807) is 0 Å². The molecule has 0 N–H and O–H groups in total. The second kappa shape index (κ2) is 22.3. The molecule has 21 heavy (non-hydrogen) atoms. The van der Waals surface area contributed by atoms with Gasteiger partial charge in [0.25, 0.3) is 0 Å². The molecule has 0 aromatic heterocycles. The molecule has 0 saturated heterocycles. The van der Waals surface area contributed by atoms with E-state index < -0.39 is 0 Å². The van der Waals surface area contributed by atoms with Crippen LogP contribution in [0.15, 0.2) is 0 Å². The number of hydrogen-bond donors (Lipinski definition) is 0. The first-order chi connectivity index (χ1) is 9.91. The van der Waals surface area contributed by atoms with Crippen LogP contribution in [0.3, 0.4) is 0 Å². The smallest absolute Gasteiger partial charge is 0.0312 e. The summed E-state index contributed by atoms with van der Waals surface area (Å²) in [4.78, 5) is 0. The quantitative estimate of drug-likeness (QED) is 0.237. The Bertz CT molecular complexity index is 132. The molecule has 0 unspecified atom stereocenters. The summed E-state index contributed by atoms with van der Waals surface area (Å²) in [6.45, 7) is 4.59. The molecule has 0 heterocycles. The Hall–Kier alpha value is 0. The van der Waals surface area contributed by atoms with Gasteiger partial charge in [-0.05, 0) is 7.43 Å². The molecule has 0 atom stereocenters. The Balaban J connectivity index is 0. The van der Waals surface area contributed by atoms with Gasteiger partial charge in [-0.25, -0.2) is 0 Å². The van der Waals surface area contributed by atoms with Gasteiger partial charge in [0.2, 0.25) is 0 Å². The van der Waals surface area contributed by atoms with Gasteiger partial charge in [-0.1, -0.05) is 129 Å². The normalized spacial score (nSPS) is 10.6. The molecule has 0 heteroatoms. The molecule has 0 bridgehead atoms. The minimum atomic E-state index is 0. The van der Waals surface area contributed by atoms with E-state index in [9.17, 15) is 0 Å². The lowest BCUT2D eigenvalue weighted by atomic mass is 10.0. The van der Waals surface area contributed by atoms with E-state index >= 15 is 0 Å². The highest BCUT2D eigenvalue weighted by molar-refractivity contribution is 4.49. The average Bonchev–Trinajstić information content (AvgIpc) is 2.47. The zero-order valence-corrected chi connectivity index (χ0v) is 15.3. The van der Waals surface area contributed by atoms with Crippen LogP contribution in [0.2, 0.25) is 0 Å². The molecular weight excluding hydrogens is 252 g/mol. The molecule has 0 aliphatic rings. The fourth-order valence-electron chi connectivity index (χ4n) is 2.97. The summed E-state index contributed by atoms with van der Waals surface area (Å²) < 4.78 is 0. The summed E-state index contributed by atoms with van der Waals surface area (Å²) in [5.41, 5.74) is 0. The van der Waals surface area contributed by atoms with E-state index in [4.69, 9.17) is 0 Å². The van der Waals surface area contributed by atoms with Crippen LogP contribution in [0.4, 0.5) is 0 Å². The predicted octanol–water partition coefficient (Wildman–Crippen LogP) is 8.25. The first-order valence-corrected chi connectivity index (χ1v) is 9.91. The molecule has 0 aromatic carbocycles. The highest BCUT2D eigenvalue weighted by Gasteiger charge is 1.94. The zero-order chi connectivity index (χ0) is 14.7. The fraction of sp³-hybridized carbons (Fsp3) is 0.952. The van der Waals surface area contributed by atoms with Gasteiger partial charge in [0.15, 0.2) is 0 Å². The van der Waals surface area contributed by atoms with E-state index in [1.165, 1.54) is 116 Å². The van der Waals surface area contributed by atoms with Crippen molar-refractivity contribution < 1.29 is 0 Å². The van der Waals surface area contributed by atoms with Crippen molar-refractivity contribution in [3.8, 4) is 0 Å². The largest absolute Gasteiger partial charge is 0.0654 e. The van der Waals surface area contributed by atoms with Crippen LogP contribution in [0.25, 0.3) is 0 Å². The van der Waals surface area contributed by atoms with Crippen molar-refractivity contribution in [1.29, 1.82) is 0 Å². The van der Waals surface area contributed by atoms with Crippen LogP contribution in [0, 0.1) is 7.43 Å². The maximum absolute atomic E-state index is 2.30. The Morgan fingerprint density at radius 2 is 0.429 bits per heavy atom. The molecule has 0 saturated carbocycles. The number of unbranched alkanes of at least 4 members (excludes halogenated alkanes) is 17. The van der Waals surface area contributed by atoms with E-state index in [0.717, 1.165) is 0 Å². The molecular formula is C21H43. The van der Waals surface area contributed by atoms with Crippen LogP contribution >= 0.6 is 0 Å². The maximum atomic E-state index is 2.30. The Labute approximate surface area is 137 Å². The van der Waals surface area contributed by atoms with E-state index in [0.29, 0.717) is 0 Å². The summed E-state index contributed by atoms with van der Waals surface area (Å²) in [5, 5.41) is 0. The maximum Gasteiger partial charge on any atom is -0.0312 e. The third-order valence-electron chi connectivity index (χ3n) is 4.46. The minimum absolute atomic E-state index is 0. The highest BCUT2D eigenvalue weighted by Crippen LogP contribution is 2.14. The SMILES string of the molecule is CCCCCCCCCCCCCCCCCCCC.[CH]. The van der Waals surface area contributed by atoms with E-state index in [2.05, 4.69) is 13.8 Å². The van der Waals surface area contributed by atoms with Gasteiger partial charge in [-0.3, -0.25) is 0 Å². The van der Waals surface area contributed by atoms with Crippen LogP contribution in [0.1, 0.15) is 129 Å². The van der Waals surface area contributed by atoms with Crippen LogP contribution in [-0.2, 0) is 0 Å². The van der Waals surface area contributed by atoms with Gasteiger partial charge in [-0.2, -0.15) is 0 Å². The summed E-state index contributed by atoms with van der Waals surface area (Å²) in [7, 11) is 0. The monoisotopic (exact) mass is 295 g/mol. The predicted molar refractivity (Wildman–Crippen MR) is 98.8 cm³/mol. The summed E-state index contributed by atoms with van der Waals surface area (Å²) in [6.07, 6.45) is 26.4. The van der Waals surface area contributed by atoms with E-state index in [-0.39, 0.29) is 7.43 Å². The standard InChI is InChI=1S/C20H42.CH/c1-3-5-7-9-11-13-15-17-19-20-18-16-14-12-10-8-6-4-2;/h3-20H2,1-2H3;1H. The number of rotatable bonds is 17. The topological polar surface area (TPSA) is 0 Å². The molecule has 3 radical (unpaired) electrons. The first kappa shape index (κ1) is 23.3. The Kier molecular flexibility index (Phi) is 24.7. The lowest BCUT2D eigenvalue weighted by Gasteiger charge is -2.03. The van der Waals surface area contributed by atoms with Crippen molar-refractivity contribution >= 4 is 0 Å². The van der Waals surface area contributed by atoms with Gasteiger partial charge in [-0.15, -0.1) is 0 Å². The number of hydrogen-bond acceptors (Lipinski definition) is 0. The molecule has 127 valence electrons. The van der Waals surface area contributed by atoms with Gasteiger partial charge >= 0.3 is 0 Å². The van der Waals surface area contributed by atoms with Crippen molar-refractivity contribution in [3.63, 3.8) is 0 Å². The third kappa shape index (κ3) is 22.4. The molecule has 0 fully saturated rings. The molecule has 0 aliphatic heterocycles. The van der Waals surface area contributed by atoms with Crippen molar-refractivity contribution in [2.24, 2.45) is 0 Å². The van der Waals surface area contributed by atoms with E-state index in [1.807, 2.05) is 0 Å². The molecule has 0 nitrogen and oxygen atoms in total. The lowest BCUT2D eigenvalue weighted by Crippen LogP contribution is -1.83. The van der Waals surface area contributed by atoms with Gasteiger partial charge in [0.05, 0.1) is 0 Å². The van der Waals surface area contributed by atoms with Crippen LogP contribution in [0.5, 0.6) is 0 Å². The van der Waals surface area contributed by atoms with Crippen LogP contribution < -0.4 is 0 Å². The average molecular weight is 296 g/mol. The fourth-order valence-corrected chi connectivity index (χ4v) is 2.97. The highest BCUT2D eigenvalue weighted by atomic mass is 14.0.